The average molecular weight is 352 g/mol. The standard InChI is InChI=1S/C19H20N4O3/c1-12-8-17(23(25)26)6-7-18(12)22-13(2)9-15(14(22)3)10-16(11-20)19(24)21(4)5/h6-10H,1-5H3/b16-10-. The van der Waals surface area contributed by atoms with Gasteiger partial charge in [-0.05, 0) is 50.1 Å². The Balaban J connectivity index is 2.57. The largest absolute Gasteiger partial charge is 0.344 e. The molecule has 0 spiro atoms. The number of likely N-dealkylation sites (N-methyl/N-ethyl adjacent to an activating group) is 1. The van der Waals surface area contributed by atoms with Crippen molar-refractivity contribution in [1.82, 2.24) is 9.47 Å². The second kappa shape index (κ2) is 7.23. The highest BCUT2D eigenvalue weighted by molar-refractivity contribution is 6.01. The number of non-ortho nitro benzene ring substituents is 1. The molecule has 1 aromatic carbocycles. The highest BCUT2D eigenvalue weighted by atomic mass is 16.6. The van der Waals surface area contributed by atoms with Crippen LogP contribution in [0, 0.1) is 42.2 Å². The van der Waals surface area contributed by atoms with Gasteiger partial charge in [-0.15, -0.1) is 0 Å². The van der Waals surface area contributed by atoms with Crippen LogP contribution in [0.5, 0.6) is 0 Å². The van der Waals surface area contributed by atoms with E-state index in [9.17, 15) is 20.2 Å². The fourth-order valence-electron chi connectivity index (χ4n) is 2.85. The Bertz CT molecular complexity index is 962. The maximum atomic E-state index is 12.1. The normalized spacial score (nSPS) is 11.2. The highest BCUT2D eigenvalue weighted by Gasteiger charge is 2.16. The molecule has 0 unspecified atom stereocenters. The molecule has 26 heavy (non-hydrogen) atoms. The smallest absolute Gasteiger partial charge is 0.269 e. The molecule has 0 fully saturated rings. The van der Waals surface area contributed by atoms with Gasteiger partial charge in [0.1, 0.15) is 11.6 Å². The van der Waals surface area contributed by atoms with E-state index < -0.39 is 4.92 Å². The third-order valence-electron chi connectivity index (χ3n) is 4.16. The van der Waals surface area contributed by atoms with Crippen LogP contribution in [0.1, 0.15) is 22.5 Å². The lowest BCUT2D eigenvalue weighted by molar-refractivity contribution is -0.384. The molecule has 134 valence electrons. The molecular formula is C19H20N4O3. The molecule has 1 amide bonds. The third kappa shape index (κ3) is 3.49. The molecule has 1 heterocycles. The first-order chi connectivity index (χ1) is 12.2. The zero-order valence-electron chi connectivity index (χ0n) is 15.4. The predicted molar refractivity (Wildman–Crippen MR) is 98.9 cm³/mol. The molecule has 0 saturated heterocycles. The van der Waals surface area contributed by atoms with Gasteiger partial charge in [0.2, 0.25) is 0 Å². The Hall–Kier alpha value is -3.40. The van der Waals surface area contributed by atoms with E-state index in [0.29, 0.717) is 0 Å². The summed E-state index contributed by atoms with van der Waals surface area (Å²) in [7, 11) is 3.19. The number of rotatable bonds is 4. The van der Waals surface area contributed by atoms with Crippen LogP contribution in [-0.2, 0) is 4.79 Å². The molecule has 0 aliphatic rings. The number of nitrogens with zero attached hydrogens (tertiary/aromatic N) is 4. The van der Waals surface area contributed by atoms with Gasteiger partial charge in [-0.2, -0.15) is 5.26 Å². The maximum Gasteiger partial charge on any atom is 0.269 e. The van der Waals surface area contributed by atoms with Crippen molar-refractivity contribution in [2.75, 3.05) is 14.1 Å². The Kier molecular flexibility index (Phi) is 5.27. The predicted octanol–water partition coefficient (Wildman–Crippen LogP) is 3.31. The van der Waals surface area contributed by atoms with E-state index in [1.165, 1.54) is 17.0 Å². The van der Waals surface area contributed by atoms with Crippen LogP contribution in [-0.4, -0.2) is 34.4 Å². The van der Waals surface area contributed by atoms with Gasteiger partial charge in [-0.3, -0.25) is 14.9 Å². The lowest BCUT2D eigenvalue weighted by Crippen LogP contribution is -2.22. The molecule has 0 bridgehead atoms. The number of carbonyl (C=O) groups excluding carboxylic acids is 1. The van der Waals surface area contributed by atoms with Crippen LogP contribution in [0.25, 0.3) is 11.8 Å². The van der Waals surface area contributed by atoms with Crippen molar-refractivity contribution in [3.63, 3.8) is 0 Å². The monoisotopic (exact) mass is 352 g/mol. The minimum Gasteiger partial charge on any atom is -0.344 e. The second-order valence-electron chi connectivity index (χ2n) is 6.26. The number of benzene rings is 1. The molecule has 0 aliphatic heterocycles. The molecular weight excluding hydrogens is 332 g/mol. The molecule has 1 aromatic heterocycles. The van der Waals surface area contributed by atoms with Crippen molar-refractivity contribution in [3.8, 4) is 11.8 Å². The lowest BCUT2D eigenvalue weighted by Gasteiger charge is -2.13. The van der Waals surface area contributed by atoms with E-state index in [2.05, 4.69) is 0 Å². The van der Waals surface area contributed by atoms with Crippen molar-refractivity contribution in [2.24, 2.45) is 0 Å². The zero-order valence-corrected chi connectivity index (χ0v) is 15.4. The van der Waals surface area contributed by atoms with Crippen LogP contribution in [0.15, 0.2) is 29.8 Å². The molecule has 0 atom stereocenters. The summed E-state index contributed by atoms with van der Waals surface area (Å²) in [6, 6.07) is 8.53. The fraction of sp³-hybridized carbons (Fsp3) is 0.263. The summed E-state index contributed by atoms with van der Waals surface area (Å²) in [6.45, 7) is 5.60. The minimum absolute atomic E-state index is 0.0391. The first kappa shape index (κ1) is 18.9. The minimum atomic E-state index is -0.424. The molecule has 0 saturated carbocycles. The summed E-state index contributed by atoms with van der Waals surface area (Å²) in [5.74, 6) is -0.358. The lowest BCUT2D eigenvalue weighted by atomic mass is 10.1. The second-order valence-corrected chi connectivity index (χ2v) is 6.26. The van der Waals surface area contributed by atoms with Gasteiger partial charge in [-0.1, -0.05) is 0 Å². The van der Waals surface area contributed by atoms with Crippen LogP contribution < -0.4 is 0 Å². The van der Waals surface area contributed by atoms with E-state index in [-0.39, 0.29) is 17.2 Å². The van der Waals surface area contributed by atoms with E-state index in [1.54, 1.807) is 26.2 Å². The van der Waals surface area contributed by atoms with Gasteiger partial charge in [0, 0.05) is 43.3 Å². The Labute approximate surface area is 151 Å². The Morgan fingerprint density at radius 1 is 1.27 bits per heavy atom. The van der Waals surface area contributed by atoms with Crippen molar-refractivity contribution in [2.45, 2.75) is 20.8 Å². The number of hydrogen-bond acceptors (Lipinski definition) is 4. The molecule has 2 rings (SSSR count). The number of nitro groups is 1. The van der Waals surface area contributed by atoms with Gasteiger partial charge in [0.05, 0.1) is 4.92 Å². The summed E-state index contributed by atoms with van der Waals surface area (Å²) in [5, 5.41) is 20.2. The first-order valence-electron chi connectivity index (χ1n) is 7.95. The van der Waals surface area contributed by atoms with Crippen molar-refractivity contribution in [1.29, 1.82) is 5.26 Å². The molecule has 7 nitrogen and oxygen atoms in total. The van der Waals surface area contributed by atoms with Crippen molar-refractivity contribution >= 4 is 17.7 Å². The Morgan fingerprint density at radius 2 is 1.92 bits per heavy atom. The number of aryl methyl sites for hydroxylation is 2. The summed E-state index contributed by atoms with van der Waals surface area (Å²) in [6.07, 6.45) is 1.57. The number of amides is 1. The zero-order chi connectivity index (χ0) is 19.6. The topological polar surface area (TPSA) is 92.2 Å². The van der Waals surface area contributed by atoms with Gasteiger partial charge in [0.15, 0.2) is 0 Å². The number of nitro benzene ring substituents is 1. The SMILES string of the molecule is Cc1cc([N+](=O)[O-])ccc1-n1c(C)cc(/C=C(/C#N)C(=O)N(C)C)c1C. The van der Waals surface area contributed by atoms with Gasteiger partial charge in [-0.25, -0.2) is 0 Å². The average Bonchev–Trinajstić information content (AvgIpc) is 2.85. The van der Waals surface area contributed by atoms with E-state index in [4.69, 9.17) is 0 Å². The summed E-state index contributed by atoms with van der Waals surface area (Å²) in [5.41, 5.74) is 4.18. The van der Waals surface area contributed by atoms with Crippen LogP contribution in [0.3, 0.4) is 0 Å². The fourth-order valence-corrected chi connectivity index (χ4v) is 2.85. The van der Waals surface area contributed by atoms with E-state index >= 15 is 0 Å². The number of nitriles is 1. The molecule has 0 aliphatic carbocycles. The van der Waals surface area contributed by atoms with Gasteiger partial charge < -0.3 is 9.47 Å². The maximum absolute atomic E-state index is 12.1. The number of hydrogen-bond donors (Lipinski definition) is 0. The van der Waals surface area contributed by atoms with Crippen LogP contribution in [0.2, 0.25) is 0 Å². The van der Waals surface area contributed by atoms with Crippen molar-refractivity contribution < 1.29 is 9.72 Å². The number of aromatic nitrogens is 1. The molecule has 0 radical (unpaired) electrons. The molecule has 7 heteroatoms. The molecule has 0 N–H and O–H groups in total. The third-order valence-corrected chi connectivity index (χ3v) is 4.16. The van der Waals surface area contributed by atoms with E-state index in [1.807, 2.05) is 37.5 Å². The van der Waals surface area contributed by atoms with Crippen molar-refractivity contribution in [3.05, 3.63) is 62.5 Å². The van der Waals surface area contributed by atoms with E-state index in [0.717, 1.165) is 28.2 Å². The van der Waals surface area contributed by atoms with Gasteiger partial charge in [0.25, 0.3) is 11.6 Å². The highest BCUT2D eigenvalue weighted by Crippen LogP contribution is 2.27. The quantitative estimate of drug-likeness (QED) is 0.365. The molecule has 2 aromatic rings. The van der Waals surface area contributed by atoms with Gasteiger partial charge >= 0.3 is 0 Å². The summed E-state index contributed by atoms with van der Waals surface area (Å²) in [4.78, 5) is 23.9. The number of carbonyl (C=O) groups is 1. The van der Waals surface area contributed by atoms with Crippen LogP contribution >= 0.6 is 0 Å². The first-order valence-corrected chi connectivity index (χ1v) is 7.95. The summed E-state index contributed by atoms with van der Waals surface area (Å²) < 4.78 is 1.96. The Morgan fingerprint density at radius 3 is 2.42 bits per heavy atom. The van der Waals surface area contributed by atoms with Crippen LogP contribution in [0.4, 0.5) is 5.69 Å². The summed E-state index contributed by atoms with van der Waals surface area (Å²) >= 11 is 0.